The highest BCUT2D eigenvalue weighted by Gasteiger charge is 2.36. The normalized spacial score (nSPS) is 20.5. The van der Waals surface area contributed by atoms with Crippen molar-refractivity contribution in [3.8, 4) is 0 Å². The monoisotopic (exact) mass is 499 g/mol. The van der Waals surface area contributed by atoms with Crippen molar-refractivity contribution in [1.29, 1.82) is 0 Å². The zero-order valence-electron chi connectivity index (χ0n) is 21.0. The van der Waals surface area contributed by atoms with Gasteiger partial charge in [-0.2, -0.15) is 0 Å². The Hall–Kier alpha value is -3.71. The van der Waals surface area contributed by atoms with E-state index in [0.717, 1.165) is 43.1 Å². The standard InChI is InChI=1S/C30H30FN3O3/c1-17(2)15-32-19-9-11-20(12-10-19)34-16-22(25-23(31)7-4-8-24(25)34)27-26(29(35)33-30(27)36)21-6-3-5-18-13-14-37-28(18)21/h3-8,13-14,16-17,19-20,32H,9-12,15H2,1-2H3,(H,33,35,36). The van der Waals surface area contributed by atoms with Crippen LogP contribution in [0, 0.1) is 11.7 Å². The molecule has 6 nitrogen and oxygen atoms in total. The molecule has 4 aromatic rings. The minimum Gasteiger partial charge on any atom is -0.464 e. The summed E-state index contributed by atoms with van der Waals surface area (Å²) in [7, 11) is 0. The first kappa shape index (κ1) is 23.7. The molecule has 3 heterocycles. The number of aromatic nitrogens is 1. The summed E-state index contributed by atoms with van der Waals surface area (Å²) in [6, 6.07) is 13.0. The maximum atomic E-state index is 15.4. The molecule has 6 rings (SSSR count). The Morgan fingerprint density at radius 1 is 1.00 bits per heavy atom. The van der Waals surface area contributed by atoms with Crippen molar-refractivity contribution in [3.05, 3.63) is 71.9 Å². The fourth-order valence-electron chi connectivity index (χ4n) is 5.88. The van der Waals surface area contributed by atoms with Crippen LogP contribution in [-0.2, 0) is 9.59 Å². The zero-order chi connectivity index (χ0) is 25.7. The Bertz CT molecular complexity index is 1550. The summed E-state index contributed by atoms with van der Waals surface area (Å²) < 4.78 is 23.2. The number of furan rings is 1. The van der Waals surface area contributed by atoms with Gasteiger partial charge in [-0.15, -0.1) is 0 Å². The molecular formula is C30H30FN3O3. The molecule has 0 atom stereocenters. The Balaban J connectivity index is 1.46. The predicted molar refractivity (Wildman–Crippen MR) is 142 cm³/mol. The summed E-state index contributed by atoms with van der Waals surface area (Å²) in [6.07, 6.45) is 7.41. The quantitative estimate of drug-likeness (QED) is 0.328. The lowest BCUT2D eigenvalue weighted by Gasteiger charge is -2.31. The number of hydrogen-bond donors (Lipinski definition) is 2. The summed E-state index contributed by atoms with van der Waals surface area (Å²) in [5, 5.41) is 7.29. The Morgan fingerprint density at radius 3 is 2.49 bits per heavy atom. The van der Waals surface area contributed by atoms with Gasteiger partial charge in [0.25, 0.3) is 11.8 Å². The van der Waals surface area contributed by atoms with Crippen LogP contribution in [0.3, 0.4) is 0 Å². The van der Waals surface area contributed by atoms with E-state index in [2.05, 4.69) is 29.0 Å². The van der Waals surface area contributed by atoms with Gasteiger partial charge >= 0.3 is 0 Å². The smallest absolute Gasteiger partial charge is 0.259 e. The molecule has 190 valence electrons. The van der Waals surface area contributed by atoms with E-state index < -0.39 is 17.6 Å². The van der Waals surface area contributed by atoms with Gasteiger partial charge in [0.15, 0.2) is 0 Å². The third-order valence-electron chi connectivity index (χ3n) is 7.66. The Labute approximate surface area is 214 Å². The van der Waals surface area contributed by atoms with Gasteiger partial charge in [0.1, 0.15) is 11.4 Å². The summed E-state index contributed by atoms with van der Waals surface area (Å²) in [4.78, 5) is 26.3. The van der Waals surface area contributed by atoms with Gasteiger partial charge in [0, 0.05) is 40.2 Å². The predicted octanol–water partition coefficient (Wildman–Crippen LogP) is 5.82. The van der Waals surface area contributed by atoms with E-state index in [-0.39, 0.29) is 17.2 Å². The molecule has 0 saturated heterocycles. The molecule has 2 aromatic carbocycles. The first-order valence-electron chi connectivity index (χ1n) is 13.0. The van der Waals surface area contributed by atoms with Crippen LogP contribution in [0.15, 0.2) is 59.3 Å². The van der Waals surface area contributed by atoms with E-state index in [4.69, 9.17) is 4.42 Å². The largest absolute Gasteiger partial charge is 0.464 e. The van der Waals surface area contributed by atoms with Gasteiger partial charge in [-0.1, -0.05) is 38.1 Å². The topological polar surface area (TPSA) is 76.3 Å². The molecule has 0 unspecified atom stereocenters. The third-order valence-corrected chi connectivity index (χ3v) is 7.66. The van der Waals surface area contributed by atoms with Gasteiger partial charge < -0.3 is 14.3 Å². The fourth-order valence-corrected chi connectivity index (χ4v) is 5.88. The molecule has 2 aliphatic rings. The fraction of sp³-hybridized carbons (Fsp3) is 0.333. The second-order valence-electron chi connectivity index (χ2n) is 10.6. The van der Waals surface area contributed by atoms with E-state index in [0.29, 0.717) is 34.1 Å². The number of fused-ring (bicyclic) bond motifs is 2. The number of amides is 2. The van der Waals surface area contributed by atoms with E-state index in [9.17, 15) is 9.59 Å². The van der Waals surface area contributed by atoms with E-state index in [1.807, 2.05) is 30.5 Å². The van der Waals surface area contributed by atoms with Gasteiger partial charge in [0.05, 0.1) is 22.9 Å². The Morgan fingerprint density at radius 2 is 1.73 bits per heavy atom. The molecule has 0 bridgehead atoms. The number of rotatable bonds is 6. The lowest BCUT2D eigenvalue weighted by atomic mass is 9.90. The molecular weight excluding hydrogens is 469 g/mol. The zero-order valence-corrected chi connectivity index (χ0v) is 21.0. The van der Waals surface area contributed by atoms with E-state index in [1.165, 1.54) is 6.07 Å². The second-order valence-corrected chi connectivity index (χ2v) is 10.6. The van der Waals surface area contributed by atoms with Crippen LogP contribution in [0.1, 0.15) is 56.7 Å². The van der Waals surface area contributed by atoms with Crippen molar-refractivity contribution in [2.75, 3.05) is 6.54 Å². The summed E-state index contributed by atoms with van der Waals surface area (Å²) in [5.41, 5.74) is 2.63. The van der Waals surface area contributed by atoms with Crippen LogP contribution < -0.4 is 10.6 Å². The summed E-state index contributed by atoms with van der Waals surface area (Å²) >= 11 is 0. The van der Waals surface area contributed by atoms with Crippen molar-refractivity contribution >= 4 is 44.8 Å². The number of nitrogens with one attached hydrogen (secondary N) is 2. The molecule has 1 aliphatic heterocycles. The molecule has 37 heavy (non-hydrogen) atoms. The van der Waals surface area contributed by atoms with Crippen LogP contribution in [0.2, 0.25) is 0 Å². The molecule has 2 amide bonds. The van der Waals surface area contributed by atoms with Gasteiger partial charge in [-0.25, -0.2) is 4.39 Å². The van der Waals surface area contributed by atoms with Crippen LogP contribution in [0.5, 0.6) is 0 Å². The highest BCUT2D eigenvalue weighted by molar-refractivity contribution is 6.50. The first-order valence-corrected chi connectivity index (χ1v) is 13.0. The third kappa shape index (κ3) is 4.07. The minimum atomic E-state index is -0.521. The number of carbonyl (C=O) groups excluding carboxylic acids is 2. The molecule has 2 aromatic heterocycles. The molecule has 0 radical (unpaired) electrons. The van der Waals surface area contributed by atoms with E-state index in [1.54, 1.807) is 18.4 Å². The van der Waals surface area contributed by atoms with Crippen molar-refractivity contribution < 1.29 is 18.4 Å². The number of benzene rings is 2. The molecule has 1 aliphatic carbocycles. The number of nitrogens with zero attached hydrogens (tertiary/aromatic N) is 1. The maximum Gasteiger partial charge on any atom is 0.259 e. The molecule has 1 saturated carbocycles. The number of carbonyl (C=O) groups is 2. The highest BCUT2D eigenvalue weighted by atomic mass is 19.1. The molecule has 7 heteroatoms. The molecule has 0 spiro atoms. The average molecular weight is 500 g/mol. The van der Waals surface area contributed by atoms with Crippen LogP contribution in [-0.4, -0.2) is 29.0 Å². The van der Waals surface area contributed by atoms with E-state index >= 15 is 4.39 Å². The number of halogens is 1. The van der Waals surface area contributed by atoms with Gasteiger partial charge in [-0.3, -0.25) is 14.9 Å². The average Bonchev–Trinajstić information content (AvgIpc) is 3.58. The minimum absolute atomic E-state index is 0.188. The van der Waals surface area contributed by atoms with Crippen molar-refractivity contribution in [3.63, 3.8) is 0 Å². The van der Waals surface area contributed by atoms with Gasteiger partial charge in [0.2, 0.25) is 0 Å². The SMILES string of the molecule is CC(C)CNC1CCC(n2cc(C3=C(c4cccc5ccoc45)C(=O)NC3=O)c3c(F)cccc32)CC1. The molecule has 2 N–H and O–H groups in total. The first-order chi connectivity index (χ1) is 17.9. The summed E-state index contributed by atoms with van der Waals surface area (Å²) in [6.45, 7) is 5.42. The second kappa shape index (κ2) is 9.30. The highest BCUT2D eigenvalue weighted by Crippen LogP contribution is 2.41. The number of imide groups is 1. The van der Waals surface area contributed by atoms with Crippen LogP contribution >= 0.6 is 0 Å². The molecule has 1 fully saturated rings. The number of hydrogen-bond acceptors (Lipinski definition) is 4. The van der Waals surface area contributed by atoms with Crippen molar-refractivity contribution in [2.45, 2.75) is 51.6 Å². The Kier molecular flexibility index (Phi) is 5.95. The van der Waals surface area contributed by atoms with Crippen molar-refractivity contribution in [2.24, 2.45) is 5.92 Å². The van der Waals surface area contributed by atoms with Crippen LogP contribution in [0.4, 0.5) is 4.39 Å². The number of para-hydroxylation sites is 1. The lowest BCUT2D eigenvalue weighted by molar-refractivity contribution is -0.122. The van der Waals surface area contributed by atoms with Gasteiger partial charge in [-0.05, 0) is 56.3 Å². The lowest BCUT2D eigenvalue weighted by Crippen LogP contribution is -2.35. The van der Waals surface area contributed by atoms with Crippen molar-refractivity contribution in [1.82, 2.24) is 15.2 Å². The maximum absolute atomic E-state index is 15.4. The van der Waals surface area contributed by atoms with Crippen LogP contribution in [0.25, 0.3) is 33.0 Å². The summed E-state index contributed by atoms with van der Waals surface area (Å²) in [5.74, 6) is -0.828.